The van der Waals surface area contributed by atoms with Crippen molar-refractivity contribution >= 4 is 11.0 Å². The van der Waals surface area contributed by atoms with Crippen LogP contribution < -0.4 is 14.9 Å². The van der Waals surface area contributed by atoms with Crippen LogP contribution in [0.25, 0.3) is 22.3 Å². The van der Waals surface area contributed by atoms with Crippen LogP contribution >= 0.6 is 0 Å². The van der Waals surface area contributed by atoms with E-state index in [2.05, 4.69) is 0 Å². The summed E-state index contributed by atoms with van der Waals surface area (Å²) >= 11 is 0. The zero-order valence-corrected chi connectivity index (χ0v) is 15.4. The lowest BCUT2D eigenvalue weighted by Crippen LogP contribution is -2.22. The lowest BCUT2D eigenvalue weighted by Gasteiger charge is -2.26. The number of rotatable bonds is 2. The molecule has 0 unspecified atom stereocenters. The van der Waals surface area contributed by atoms with Crippen LogP contribution in [-0.4, -0.2) is 22.4 Å². The van der Waals surface area contributed by atoms with Crippen molar-refractivity contribution in [3.05, 3.63) is 51.7 Å². The van der Waals surface area contributed by atoms with E-state index in [4.69, 9.17) is 13.9 Å². The van der Waals surface area contributed by atoms with Crippen molar-refractivity contribution in [2.45, 2.75) is 20.0 Å². The zero-order valence-electron chi connectivity index (χ0n) is 15.4. The maximum absolute atomic E-state index is 13.2. The first kappa shape index (κ1) is 17.8. The first-order valence-electron chi connectivity index (χ1n) is 8.56. The Kier molecular flexibility index (Phi) is 3.96. The third-order valence-electron chi connectivity index (χ3n) is 4.54. The molecule has 3 N–H and O–H groups in total. The molecular weight excluding hydrogens is 364 g/mol. The monoisotopic (exact) mass is 382 g/mol. The van der Waals surface area contributed by atoms with E-state index < -0.39 is 11.5 Å². The summed E-state index contributed by atoms with van der Waals surface area (Å²) in [6.07, 6.45) is 0.984. The summed E-state index contributed by atoms with van der Waals surface area (Å²) in [4.78, 5) is 13.2. The van der Waals surface area contributed by atoms with Gasteiger partial charge in [0.1, 0.15) is 40.1 Å². The van der Waals surface area contributed by atoms with Gasteiger partial charge in [0.2, 0.25) is 5.43 Å². The molecular formula is C21H18O7. The van der Waals surface area contributed by atoms with Crippen LogP contribution in [-0.2, 0) is 0 Å². The molecule has 0 radical (unpaired) electrons. The van der Waals surface area contributed by atoms with Crippen molar-refractivity contribution < 1.29 is 29.2 Å². The van der Waals surface area contributed by atoms with Gasteiger partial charge in [-0.05, 0) is 26.0 Å². The van der Waals surface area contributed by atoms with Gasteiger partial charge in [-0.2, -0.15) is 0 Å². The van der Waals surface area contributed by atoms with E-state index in [1.165, 1.54) is 25.3 Å². The molecule has 0 saturated carbocycles. The van der Waals surface area contributed by atoms with Crippen molar-refractivity contribution in [2.24, 2.45) is 0 Å². The van der Waals surface area contributed by atoms with Crippen LogP contribution in [0, 0.1) is 0 Å². The van der Waals surface area contributed by atoms with E-state index in [1.54, 1.807) is 6.08 Å². The molecule has 0 amide bonds. The van der Waals surface area contributed by atoms with E-state index in [0.717, 1.165) is 11.6 Å². The predicted octanol–water partition coefficient (Wildman–Crippen LogP) is 3.99. The lowest BCUT2D eigenvalue weighted by molar-refractivity contribution is 0.243. The molecule has 144 valence electrons. The Bertz CT molecular complexity index is 1200. The van der Waals surface area contributed by atoms with E-state index in [-0.39, 0.29) is 45.3 Å². The van der Waals surface area contributed by atoms with Gasteiger partial charge < -0.3 is 29.2 Å². The minimum Gasteiger partial charge on any atom is -0.508 e. The molecule has 7 heteroatoms. The van der Waals surface area contributed by atoms with Crippen LogP contribution in [0.2, 0.25) is 0 Å². The van der Waals surface area contributed by atoms with Gasteiger partial charge in [-0.1, -0.05) is 5.57 Å². The number of fused-ring (bicyclic) bond motifs is 4. The average molecular weight is 382 g/mol. The molecule has 0 bridgehead atoms. The van der Waals surface area contributed by atoms with E-state index >= 15 is 0 Å². The lowest BCUT2D eigenvalue weighted by atomic mass is 9.95. The van der Waals surface area contributed by atoms with Crippen molar-refractivity contribution in [3.8, 4) is 40.1 Å². The van der Waals surface area contributed by atoms with Gasteiger partial charge >= 0.3 is 0 Å². The van der Waals surface area contributed by atoms with Gasteiger partial charge in [-0.15, -0.1) is 0 Å². The number of phenols is 3. The van der Waals surface area contributed by atoms with Crippen LogP contribution in [0.4, 0.5) is 0 Å². The van der Waals surface area contributed by atoms with E-state index in [0.29, 0.717) is 11.3 Å². The topological polar surface area (TPSA) is 109 Å². The Hall–Kier alpha value is -3.61. The fourth-order valence-electron chi connectivity index (χ4n) is 3.36. The molecule has 0 fully saturated rings. The molecule has 2 heterocycles. The maximum atomic E-state index is 13.2. The molecule has 4 rings (SSSR count). The quantitative estimate of drug-likeness (QED) is 0.575. The molecule has 0 saturated heterocycles. The number of hydrogen-bond donors (Lipinski definition) is 3. The highest BCUT2D eigenvalue weighted by Gasteiger charge is 2.33. The Balaban J connectivity index is 2.14. The summed E-state index contributed by atoms with van der Waals surface area (Å²) in [7, 11) is 1.41. The summed E-state index contributed by atoms with van der Waals surface area (Å²) in [6, 6.07) is 5.26. The Labute approximate surface area is 159 Å². The molecule has 0 spiro atoms. The molecule has 0 aliphatic carbocycles. The van der Waals surface area contributed by atoms with Gasteiger partial charge in [0.05, 0.1) is 18.2 Å². The van der Waals surface area contributed by atoms with Crippen molar-refractivity contribution in [1.29, 1.82) is 0 Å². The number of hydrogen-bond acceptors (Lipinski definition) is 7. The highest BCUT2D eigenvalue weighted by Crippen LogP contribution is 2.48. The number of methoxy groups -OCH3 is 1. The standard InChI is InChI=1S/C21H18O7/c1-9(2)4-16-19-20(25)18-13(24)5-10(22)6-17(18)28-21(19)11-7-15(26-3)12(23)8-14(11)27-16/h4-8,16,22-24H,1-3H3/t16-/m0/s1. The fraction of sp³-hybridized carbons (Fsp3) is 0.190. The summed E-state index contributed by atoms with van der Waals surface area (Å²) in [5, 5.41) is 30.0. The van der Waals surface area contributed by atoms with Crippen molar-refractivity contribution in [2.75, 3.05) is 7.11 Å². The molecule has 28 heavy (non-hydrogen) atoms. The molecule has 2 aromatic carbocycles. The minimum absolute atomic E-state index is 0.0390. The first-order chi connectivity index (χ1) is 13.3. The molecule has 1 aromatic heterocycles. The van der Waals surface area contributed by atoms with Crippen molar-refractivity contribution in [1.82, 2.24) is 0 Å². The third kappa shape index (κ3) is 2.63. The van der Waals surface area contributed by atoms with Crippen LogP contribution in [0.1, 0.15) is 25.5 Å². The predicted molar refractivity (Wildman–Crippen MR) is 102 cm³/mol. The van der Waals surface area contributed by atoms with Gasteiger partial charge in [0.25, 0.3) is 0 Å². The number of benzene rings is 2. The SMILES string of the molecule is COc1cc2c(cc1O)O[C@@H](C=C(C)C)c1c-2oc2cc(O)cc(O)c2c1=O. The van der Waals surface area contributed by atoms with E-state index in [1.807, 2.05) is 13.8 Å². The summed E-state index contributed by atoms with van der Waals surface area (Å²) in [5.74, 6) is 0.0142. The number of allylic oxidation sites excluding steroid dienone is 1. The highest BCUT2D eigenvalue weighted by molar-refractivity contribution is 5.88. The Morgan fingerprint density at radius 3 is 2.54 bits per heavy atom. The minimum atomic E-state index is -0.769. The molecule has 1 atom stereocenters. The third-order valence-corrected chi connectivity index (χ3v) is 4.54. The second-order valence-corrected chi connectivity index (χ2v) is 6.81. The highest BCUT2D eigenvalue weighted by atomic mass is 16.5. The largest absolute Gasteiger partial charge is 0.508 e. The summed E-state index contributed by atoms with van der Waals surface area (Å²) in [6.45, 7) is 3.73. The molecule has 7 nitrogen and oxygen atoms in total. The van der Waals surface area contributed by atoms with Crippen LogP contribution in [0.5, 0.6) is 28.7 Å². The molecule has 1 aliphatic rings. The van der Waals surface area contributed by atoms with Crippen LogP contribution in [0.15, 0.2) is 45.1 Å². The van der Waals surface area contributed by atoms with Crippen molar-refractivity contribution in [3.63, 3.8) is 0 Å². The second kappa shape index (κ2) is 6.23. The normalized spacial score (nSPS) is 14.8. The van der Waals surface area contributed by atoms with E-state index in [9.17, 15) is 20.1 Å². The first-order valence-corrected chi connectivity index (χ1v) is 8.56. The molecule has 3 aromatic rings. The molecule has 1 aliphatic heterocycles. The second-order valence-electron chi connectivity index (χ2n) is 6.81. The van der Waals surface area contributed by atoms with Gasteiger partial charge in [0, 0.05) is 18.2 Å². The number of phenolic OH excluding ortho intramolecular Hbond substituents is 3. The smallest absolute Gasteiger partial charge is 0.204 e. The van der Waals surface area contributed by atoms with Gasteiger partial charge in [0.15, 0.2) is 11.5 Å². The van der Waals surface area contributed by atoms with Gasteiger partial charge in [-0.3, -0.25) is 4.79 Å². The summed E-state index contributed by atoms with van der Waals surface area (Å²) in [5.41, 5.74) is 1.12. The zero-order chi connectivity index (χ0) is 20.2. The van der Waals surface area contributed by atoms with Gasteiger partial charge in [-0.25, -0.2) is 0 Å². The fourth-order valence-corrected chi connectivity index (χ4v) is 3.36. The van der Waals surface area contributed by atoms with Crippen LogP contribution in [0.3, 0.4) is 0 Å². The summed E-state index contributed by atoms with van der Waals surface area (Å²) < 4.78 is 17.1. The number of aromatic hydroxyl groups is 3. The average Bonchev–Trinajstić information content (AvgIpc) is 2.59. The Morgan fingerprint density at radius 1 is 1.11 bits per heavy atom. The maximum Gasteiger partial charge on any atom is 0.204 e. The Morgan fingerprint density at radius 2 is 1.86 bits per heavy atom. The number of ether oxygens (including phenoxy) is 2.